The number of amides is 1. The second kappa shape index (κ2) is 6.50. The van der Waals surface area contributed by atoms with Gasteiger partial charge in [-0.15, -0.1) is 0 Å². The Bertz CT molecular complexity index is 814. The minimum absolute atomic E-state index is 0.190. The maximum Gasteiger partial charge on any atom is 0.264 e. The van der Waals surface area contributed by atoms with Crippen molar-refractivity contribution < 1.29 is 4.79 Å². The standard InChI is InChI=1S/C20H18N2O/c1-15-5-4-6-16(11-15)12-19(13-21)20(23)22-10-9-17-7-2-3-8-18(17)14-22/h2-8,11-12H,9-10,14H2,1H3/b19-12+. The normalized spacial score (nSPS) is 14.1. The van der Waals surface area contributed by atoms with E-state index in [9.17, 15) is 10.1 Å². The maximum atomic E-state index is 12.7. The average molecular weight is 302 g/mol. The summed E-state index contributed by atoms with van der Waals surface area (Å²) in [6, 6.07) is 18.0. The lowest BCUT2D eigenvalue weighted by molar-refractivity contribution is -0.127. The molecule has 2 aromatic carbocycles. The van der Waals surface area contributed by atoms with E-state index in [0.717, 1.165) is 17.5 Å². The summed E-state index contributed by atoms with van der Waals surface area (Å²) < 4.78 is 0. The molecule has 114 valence electrons. The Hall–Kier alpha value is -2.86. The summed E-state index contributed by atoms with van der Waals surface area (Å²) in [4.78, 5) is 14.4. The molecule has 2 aromatic rings. The van der Waals surface area contributed by atoms with Gasteiger partial charge >= 0.3 is 0 Å². The lowest BCUT2D eigenvalue weighted by Crippen LogP contribution is -2.36. The monoisotopic (exact) mass is 302 g/mol. The van der Waals surface area contributed by atoms with Crippen molar-refractivity contribution in [3.05, 3.63) is 76.4 Å². The van der Waals surface area contributed by atoms with Gasteiger partial charge in [0, 0.05) is 13.1 Å². The number of nitriles is 1. The molecule has 0 saturated heterocycles. The van der Waals surface area contributed by atoms with E-state index >= 15 is 0 Å². The van der Waals surface area contributed by atoms with E-state index in [1.54, 1.807) is 11.0 Å². The number of rotatable bonds is 2. The van der Waals surface area contributed by atoms with Crippen LogP contribution in [0.15, 0.2) is 54.1 Å². The highest BCUT2D eigenvalue weighted by molar-refractivity contribution is 6.01. The van der Waals surface area contributed by atoms with E-state index < -0.39 is 0 Å². The Labute approximate surface area is 136 Å². The lowest BCUT2D eigenvalue weighted by Gasteiger charge is -2.28. The van der Waals surface area contributed by atoms with Crippen molar-refractivity contribution in [2.75, 3.05) is 6.54 Å². The summed E-state index contributed by atoms with van der Waals surface area (Å²) >= 11 is 0. The minimum Gasteiger partial charge on any atom is -0.333 e. The van der Waals surface area contributed by atoms with Gasteiger partial charge in [-0.2, -0.15) is 5.26 Å². The van der Waals surface area contributed by atoms with Gasteiger partial charge in [-0.05, 0) is 36.1 Å². The third kappa shape index (κ3) is 3.32. The minimum atomic E-state index is -0.191. The third-order valence-electron chi connectivity index (χ3n) is 4.12. The van der Waals surface area contributed by atoms with E-state index in [1.807, 2.05) is 49.4 Å². The fraction of sp³-hybridized carbons (Fsp3) is 0.200. The molecular weight excluding hydrogens is 284 g/mol. The van der Waals surface area contributed by atoms with Gasteiger partial charge in [-0.3, -0.25) is 4.79 Å². The average Bonchev–Trinajstić information content (AvgIpc) is 2.58. The zero-order valence-corrected chi connectivity index (χ0v) is 13.1. The molecule has 0 atom stereocenters. The molecule has 1 aliphatic heterocycles. The Kier molecular flexibility index (Phi) is 4.25. The number of nitrogens with zero attached hydrogens (tertiary/aromatic N) is 2. The van der Waals surface area contributed by atoms with E-state index in [0.29, 0.717) is 13.1 Å². The molecule has 0 saturated carbocycles. The van der Waals surface area contributed by atoms with Crippen LogP contribution in [0.4, 0.5) is 0 Å². The summed E-state index contributed by atoms with van der Waals surface area (Å²) in [5.74, 6) is -0.191. The highest BCUT2D eigenvalue weighted by Crippen LogP contribution is 2.20. The van der Waals surface area contributed by atoms with Crippen LogP contribution in [0.3, 0.4) is 0 Å². The number of carbonyl (C=O) groups is 1. The molecule has 3 nitrogen and oxygen atoms in total. The quantitative estimate of drug-likeness (QED) is 0.629. The topological polar surface area (TPSA) is 44.1 Å². The van der Waals surface area contributed by atoms with Crippen molar-refractivity contribution in [2.45, 2.75) is 19.9 Å². The molecule has 0 radical (unpaired) electrons. The largest absolute Gasteiger partial charge is 0.333 e. The molecule has 0 spiro atoms. The molecule has 3 rings (SSSR count). The van der Waals surface area contributed by atoms with Crippen LogP contribution >= 0.6 is 0 Å². The van der Waals surface area contributed by atoms with E-state index in [1.165, 1.54) is 11.1 Å². The molecular formula is C20H18N2O. The number of aryl methyl sites for hydroxylation is 1. The number of benzene rings is 2. The summed E-state index contributed by atoms with van der Waals surface area (Å²) in [6.45, 7) is 3.22. The first-order chi connectivity index (χ1) is 11.2. The van der Waals surface area contributed by atoms with Gasteiger partial charge in [0.25, 0.3) is 5.91 Å². The summed E-state index contributed by atoms with van der Waals surface area (Å²) in [5, 5.41) is 9.39. The van der Waals surface area contributed by atoms with Crippen LogP contribution in [-0.4, -0.2) is 17.4 Å². The molecule has 0 aliphatic carbocycles. The molecule has 0 N–H and O–H groups in total. The molecule has 3 heteroatoms. The molecule has 1 aliphatic rings. The van der Waals surface area contributed by atoms with Crippen molar-refractivity contribution in [1.29, 1.82) is 5.26 Å². The SMILES string of the molecule is Cc1cccc(/C=C(\C#N)C(=O)N2CCc3ccccc3C2)c1. The van der Waals surface area contributed by atoms with Gasteiger partial charge in [0.1, 0.15) is 11.6 Å². The van der Waals surface area contributed by atoms with Crippen LogP contribution < -0.4 is 0 Å². The smallest absolute Gasteiger partial charge is 0.264 e. The van der Waals surface area contributed by atoms with E-state index in [-0.39, 0.29) is 11.5 Å². The number of carbonyl (C=O) groups excluding carboxylic acids is 1. The van der Waals surface area contributed by atoms with Gasteiger partial charge in [0.15, 0.2) is 0 Å². The molecule has 1 heterocycles. The molecule has 0 fully saturated rings. The van der Waals surface area contributed by atoms with Crippen LogP contribution in [0.25, 0.3) is 6.08 Å². The van der Waals surface area contributed by atoms with Crippen molar-refractivity contribution in [2.24, 2.45) is 0 Å². The molecule has 0 unspecified atom stereocenters. The molecule has 1 amide bonds. The second-order valence-corrected chi connectivity index (χ2v) is 5.83. The van der Waals surface area contributed by atoms with Crippen LogP contribution in [0.2, 0.25) is 0 Å². The van der Waals surface area contributed by atoms with Crippen LogP contribution in [-0.2, 0) is 17.8 Å². The predicted octanol–water partition coefficient (Wildman–Crippen LogP) is 3.49. The van der Waals surface area contributed by atoms with E-state index in [2.05, 4.69) is 12.1 Å². The maximum absolute atomic E-state index is 12.7. The van der Waals surface area contributed by atoms with Crippen LogP contribution in [0.5, 0.6) is 0 Å². The zero-order valence-electron chi connectivity index (χ0n) is 13.1. The second-order valence-electron chi connectivity index (χ2n) is 5.83. The Balaban J connectivity index is 1.83. The van der Waals surface area contributed by atoms with Gasteiger partial charge < -0.3 is 4.90 Å². The first-order valence-corrected chi connectivity index (χ1v) is 7.72. The highest BCUT2D eigenvalue weighted by atomic mass is 16.2. The zero-order chi connectivity index (χ0) is 16.2. The summed E-state index contributed by atoms with van der Waals surface area (Å²) in [6.07, 6.45) is 2.51. The first kappa shape index (κ1) is 15.1. The van der Waals surface area contributed by atoms with E-state index in [4.69, 9.17) is 0 Å². The highest BCUT2D eigenvalue weighted by Gasteiger charge is 2.23. The van der Waals surface area contributed by atoms with Gasteiger partial charge in [-0.25, -0.2) is 0 Å². The molecule has 0 bridgehead atoms. The fourth-order valence-corrected chi connectivity index (χ4v) is 2.91. The lowest BCUT2D eigenvalue weighted by atomic mass is 9.99. The Morgan fingerprint density at radius 2 is 1.96 bits per heavy atom. The van der Waals surface area contributed by atoms with Crippen LogP contribution in [0.1, 0.15) is 22.3 Å². The van der Waals surface area contributed by atoms with Gasteiger partial charge in [0.05, 0.1) is 0 Å². The fourth-order valence-electron chi connectivity index (χ4n) is 2.91. The number of fused-ring (bicyclic) bond motifs is 1. The van der Waals surface area contributed by atoms with Crippen molar-refractivity contribution in [3.8, 4) is 6.07 Å². The summed E-state index contributed by atoms with van der Waals surface area (Å²) in [7, 11) is 0. The van der Waals surface area contributed by atoms with Crippen molar-refractivity contribution in [3.63, 3.8) is 0 Å². The summed E-state index contributed by atoms with van der Waals surface area (Å²) in [5.41, 5.74) is 4.63. The Morgan fingerprint density at radius 1 is 1.17 bits per heavy atom. The van der Waals surface area contributed by atoms with Gasteiger partial charge in [0.2, 0.25) is 0 Å². The number of hydrogen-bond donors (Lipinski definition) is 0. The third-order valence-corrected chi connectivity index (χ3v) is 4.12. The predicted molar refractivity (Wildman–Crippen MR) is 90.3 cm³/mol. The van der Waals surface area contributed by atoms with Gasteiger partial charge in [-0.1, -0.05) is 54.1 Å². The first-order valence-electron chi connectivity index (χ1n) is 7.72. The van der Waals surface area contributed by atoms with Crippen molar-refractivity contribution >= 4 is 12.0 Å². The number of hydrogen-bond acceptors (Lipinski definition) is 2. The molecule has 23 heavy (non-hydrogen) atoms. The van der Waals surface area contributed by atoms with Crippen LogP contribution in [0, 0.1) is 18.3 Å². The molecule has 0 aromatic heterocycles. The van der Waals surface area contributed by atoms with Crippen molar-refractivity contribution in [1.82, 2.24) is 4.90 Å². The Morgan fingerprint density at radius 3 is 2.70 bits per heavy atom.